The molecule has 20 heavy (non-hydrogen) atoms. The van der Waals surface area contributed by atoms with Crippen molar-refractivity contribution in [1.82, 2.24) is 10.3 Å². The van der Waals surface area contributed by atoms with Crippen molar-refractivity contribution < 1.29 is 13.9 Å². The third kappa shape index (κ3) is 3.11. The number of ether oxygens (including phenoxy) is 1. The van der Waals surface area contributed by atoms with E-state index in [4.69, 9.17) is 16.3 Å². The molecule has 1 unspecified atom stereocenters. The maximum atomic E-state index is 13.6. The Labute approximate surface area is 120 Å². The van der Waals surface area contributed by atoms with Gasteiger partial charge in [-0.15, -0.1) is 0 Å². The van der Waals surface area contributed by atoms with Gasteiger partial charge in [-0.05, 0) is 30.7 Å². The Kier molecular flexibility index (Phi) is 4.29. The number of benzene rings is 1. The molecule has 0 aliphatic heterocycles. The summed E-state index contributed by atoms with van der Waals surface area (Å²) in [6.07, 6.45) is 1.52. The minimum absolute atomic E-state index is 0.170. The fraction of sp³-hybridized carbons (Fsp3) is 0.214. The quantitative estimate of drug-likeness (QED) is 0.909. The largest absolute Gasteiger partial charge is 0.494 e. The molecule has 106 valence electrons. The number of halogens is 2. The van der Waals surface area contributed by atoms with Crippen molar-refractivity contribution in [1.29, 1.82) is 0 Å². The summed E-state index contributed by atoms with van der Waals surface area (Å²) in [4.78, 5) is 14.7. The lowest BCUT2D eigenvalue weighted by atomic mass is 10.1. The molecule has 0 fully saturated rings. The molecule has 0 saturated carbocycles. The van der Waals surface area contributed by atoms with E-state index in [1.165, 1.54) is 31.5 Å². The highest BCUT2D eigenvalue weighted by Gasteiger charge is 2.14. The average molecular weight is 297 g/mol. The lowest BCUT2D eigenvalue weighted by molar-refractivity contribution is 0.0935. The molecule has 0 saturated heterocycles. The predicted molar refractivity (Wildman–Crippen MR) is 74.6 cm³/mol. The van der Waals surface area contributed by atoms with Crippen LogP contribution in [0.2, 0.25) is 5.02 Å². The number of rotatable bonds is 4. The molecule has 0 aliphatic rings. The number of carbonyl (C=O) groups is 1. The number of nitrogens with one attached hydrogen (secondary N) is 2. The number of methoxy groups -OCH3 is 1. The van der Waals surface area contributed by atoms with Gasteiger partial charge in [0.25, 0.3) is 5.91 Å². The Morgan fingerprint density at radius 3 is 2.75 bits per heavy atom. The summed E-state index contributed by atoms with van der Waals surface area (Å²) in [5.74, 6) is -0.599. The first kappa shape index (κ1) is 14.4. The van der Waals surface area contributed by atoms with Crippen LogP contribution in [0, 0.1) is 5.82 Å². The Morgan fingerprint density at radius 1 is 1.45 bits per heavy atom. The third-order valence-electron chi connectivity index (χ3n) is 2.92. The topological polar surface area (TPSA) is 54.1 Å². The van der Waals surface area contributed by atoms with E-state index in [1.807, 2.05) is 0 Å². The number of hydrogen-bond donors (Lipinski definition) is 2. The summed E-state index contributed by atoms with van der Waals surface area (Å²) < 4.78 is 18.5. The smallest absolute Gasteiger partial charge is 0.268 e. The van der Waals surface area contributed by atoms with Gasteiger partial charge in [-0.25, -0.2) is 4.39 Å². The maximum absolute atomic E-state index is 13.6. The van der Waals surface area contributed by atoms with Gasteiger partial charge in [-0.1, -0.05) is 17.7 Å². The monoisotopic (exact) mass is 296 g/mol. The van der Waals surface area contributed by atoms with Gasteiger partial charge >= 0.3 is 0 Å². The average Bonchev–Trinajstić information content (AvgIpc) is 2.85. The molecule has 1 aromatic carbocycles. The highest BCUT2D eigenvalue weighted by atomic mass is 35.5. The first-order valence-corrected chi connectivity index (χ1v) is 6.37. The van der Waals surface area contributed by atoms with E-state index in [0.29, 0.717) is 16.3 Å². The van der Waals surface area contributed by atoms with Crippen LogP contribution in [0.1, 0.15) is 29.0 Å². The molecule has 1 amide bonds. The van der Waals surface area contributed by atoms with E-state index in [2.05, 4.69) is 10.3 Å². The first-order chi connectivity index (χ1) is 9.51. The molecule has 0 bridgehead atoms. The van der Waals surface area contributed by atoms with E-state index in [-0.39, 0.29) is 17.7 Å². The Balaban J connectivity index is 2.10. The van der Waals surface area contributed by atoms with Crippen LogP contribution >= 0.6 is 11.6 Å². The molecule has 1 aromatic heterocycles. The standard InChI is InChI=1S/C14H14ClFN2O2/c1-8(9-3-4-13(20-2)11(16)5-9)18-14(19)12-6-10(15)7-17-12/h3-8,17H,1-2H3,(H,18,19). The van der Waals surface area contributed by atoms with Gasteiger partial charge < -0.3 is 15.0 Å². The van der Waals surface area contributed by atoms with Crippen LogP contribution in [0.3, 0.4) is 0 Å². The molecule has 2 N–H and O–H groups in total. The summed E-state index contributed by atoms with van der Waals surface area (Å²) in [7, 11) is 1.40. The molecule has 4 nitrogen and oxygen atoms in total. The second kappa shape index (κ2) is 5.96. The lowest BCUT2D eigenvalue weighted by Crippen LogP contribution is -2.26. The molecule has 2 aromatic rings. The number of H-pyrrole nitrogens is 1. The molecular weight excluding hydrogens is 283 g/mol. The van der Waals surface area contributed by atoms with E-state index in [0.717, 1.165) is 0 Å². The fourth-order valence-electron chi connectivity index (χ4n) is 1.81. The van der Waals surface area contributed by atoms with Gasteiger partial charge in [0.15, 0.2) is 11.6 Å². The van der Waals surface area contributed by atoms with Gasteiger partial charge in [0.2, 0.25) is 0 Å². The van der Waals surface area contributed by atoms with E-state index < -0.39 is 5.82 Å². The number of carbonyl (C=O) groups excluding carboxylic acids is 1. The van der Waals surface area contributed by atoms with Crippen LogP contribution in [0.5, 0.6) is 5.75 Å². The summed E-state index contributed by atoms with van der Waals surface area (Å²) in [5, 5.41) is 3.21. The van der Waals surface area contributed by atoms with Gasteiger partial charge in [-0.3, -0.25) is 4.79 Å². The van der Waals surface area contributed by atoms with Crippen molar-refractivity contribution in [3.63, 3.8) is 0 Å². The summed E-state index contributed by atoms with van der Waals surface area (Å²) in [6.45, 7) is 1.77. The zero-order chi connectivity index (χ0) is 14.7. The minimum Gasteiger partial charge on any atom is -0.494 e. The molecule has 2 rings (SSSR count). The first-order valence-electron chi connectivity index (χ1n) is 5.99. The van der Waals surface area contributed by atoms with Crippen LogP contribution in [-0.2, 0) is 0 Å². The fourth-order valence-corrected chi connectivity index (χ4v) is 1.97. The Hall–Kier alpha value is -2.01. The molecule has 0 spiro atoms. The number of aromatic nitrogens is 1. The van der Waals surface area contributed by atoms with E-state index >= 15 is 0 Å². The summed E-state index contributed by atoms with van der Waals surface area (Å²) >= 11 is 5.74. The molecule has 1 heterocycles. The molecular formula is C14H14ClFN2O2. The van der Waals surface area contributed by atoms with Gasteiger partial charge in [0.1, 0.15) is 5.69 Å². The van der Waals surface area contributed by atoms with Crippen LogP contribution in [-0.4, -0.2) is 18.0 Å². The Morgan fingerprint density at radius 2 is 2.20 bits per heavy atom. The van der Waals surface area contributed by atoms with Crippen molar-refractivity contribution in [3.8, 4) is 5.75 Å². The van der Waals surface area contributed by atoms with Gasteiger partial charge in [0.05, 0.1) is 18.2 Å². The van der Waals surface area contributed by atoms with Crippen LogP contribution in [0.25, 0.3) is 0 Å². The summed E-state index contributed by atoms with van der Waals surface area (Å²) in [6, 6.07) is 5.75. The SMILES string of the molecule is COc1ccc(C(C)NC(=O)c2cc(Cl)c[nH]2)cc1F. The van der Waals surface area contributed by atoms with Gasteiger partial charge in [0, 0.05) is 6.20 Å². The summed E-state index contributed by atoms with van der Waals surface area (Å²) in [5.41, 5.74) is 1.00. The normalized spacial score (nSPS) is 12.0. The third-order valence-corrected chi connectivity index (χ3v) is 3.13. The highest BCUT2D eigenvalue weighted by Crippen LogP contribution is 2.22. The zero-order valence-corrected chi connectivity index (χ0v) is 11.8. The van der Waals surface area contributed by atoms with Crippen molar-refractivity contribution in [2.75, 3.05) is 7.11 Å². The maximum Gasteiger partial charge on any atom is 0.268 e. The number of aromatic amines is 1. The van der Waals surface area contributed by atoms with Crippen LogP contribution < -0.4 is 10.1 Å². The van der Waals surface area contributed by atoms with Crippen molar-refractivity contribution in [2.24, 2.45) is 0 Å². The highest BCUT2D eigenvalue weighted by molar-refractivity contribution is 6.30. The minimum atomic E-state index is -0.464. The number of hydrogen-bond acceptors (Lipinski definition) is 2. The second-order valence-corrected chi connectivity index (χ2v) is 4.76. The van der Waals surface area contributed by atoms with E-state index in [1.54, 1.807) is 13.0 Å². The van der Waals surface area contributed by atoms with Gasteiger partial charge in [-0.2, -0.15) is 0 Å². The molecule has 6 heteroatoms. The van der Waals surface area contributed by atoms with Crippen LogP contribution in [0.15, 0.2) is 30.5 Å². The molecule has 0 radical (unpaired) electrons. The van der Waals surface area contributed by atoms with Crippen molar-refractivity contribution in [2.45, 2.75) is 13.0 Å². The zero-order valence-electron chi connectivity index (χ0n) is 11.0. The van der Waals surface area contributed by atoms with Crippen molar-refractivity contribution >= 4 is 17.5 Å². The van der Waals surface area contributed by atoms with E-state index in [9.17, 15) is 9.18 Å². The predicted octanol–water partition coefficient (Wildman–Crippen LogP) is 3.31. The molecule has 0 aliphatic carbocycles. The van der Waals surface area contributed by atoms with Crippen LogP contribution in [0.4, 0.5) is 4.39 Å². The van der Waals surface area contributed by atoms with Crippen molar-refractivity contribution in [3.05, 3.63) is 52.6 Å². The second-order valence-electron chi connectivity index (χ2n) is 4.32. The molecule has 1 atom stereocenters. The lowest BCUT2D eigenvalue weighted by Gasteiger charge is -2.14. The number of amides is 1. The Bertz CT molecular complexity index is 627.